The van der Waals surface area contributed by atoms with E-state index in [0.717, 1.165) is 22.4 Å². The van der Waals surface area contributed by atoms with Gasteiger partial charge < -0.3 is 5.11 Å². The Morgan fingerprint density at radius 2 is 1.88 bits per heavy atom. The van der Waals surface area contributed by atoms with E-state index in [1.165, 1.54) is 11.8 Å². The predicted molar refractivity (Wildman–Crippen MR) is 96.4 cm³/mol. The van der Waals surface area contributed by atoms with Gasteiger partial charge in [-0.25, -0.2) is 0 Å². The van der Waals surface area contributed by atoms with Crippen molar-refractivity contribution in [2.24, 2.45) is 0 Å². The molecule has 0 amide bonds. The highest BCUT2D eigenvalue weighted by molar-refractivity contribution is 8.00. The van der Waals surface area contributed by atoms with E-state index in [9.17, 15) is 9.90 Å². The number of Topliss-reactive ketones (excluding diaryl/α,β-unsaturated/α-hetero) is 1. The van der Waals surface area contributed by atoms with Crippen LogP contribution in [0, 0.1) is 13.8 Å². The summed E-state index contributed by atoms with van der Waals surface area (Å²) in [7, 11) is 0. The van der Waals surface area contributed by atoms with E-state index in [4.69, 9.17) is 0 Å². The van der Waals surface area contributed by atoms with Gasteiger partial charge in [0.1, 0.15) is 5.75 Å². The smallest absolute Gasteiger partial charge is 0.214 e. The largest absolute Gasteiger partial charge is 0.508 e. The van der Waals surface area contributed by atoms with Crippen LogP contribution in [0.4, 0.5) is 0 Å². The van der Waals surface area contributed by atoms with Crippen LogP contribution in [0.25, 0.3) is 5.69 Å². The summed E-state index contributed by atoms with van der Waals surface area (Å²) in [6.45, 7) is 5.76. The first kappa shape index (κ1) is 17.2. The van der Waals surface area contributed by atoms with Crippen LogP contribution >= 0.6 is 11.8 Å². The van der Waals surface area contributed by atoms with E-state index in [0.29, 0.717) is 5.16 Å². The van der Waals surface area contributed by atoms with Crippen LogP contribution in [0.5, 0.6) is 5.75 Å². The third-order valence-electron chi connectivity index (χ3n) is 3.85. The summed E-state index contributed by atoms with van der Waals surface area (Å²) in [5, 5.41) is 21.3. The average molecular weight is 354 g/mol. The van der Waals surface area contributed by atoms with Crippen molar-refractivity contribution in [3.05, 3.63) is 59.2 Å². The number of aryl methyl sites for hydroxylation is 2. The summed E-state index contributed by atoms with van der Waals surface area (Å²) in [6.07, 6.45) is 0. The fourth-order valence-electron chi connectivity index (χ4n) is 2.44. The molecule has 2 aromatic carbocycles. The number of carbonyl (C=O) groups excluding carboxylic acids is 1. The molecule has 0 fully saturated rings. The van der Waals surface area contributed by atoms with Crippen LogP contribution in [0.15, 0.2) is 47.6 Å². The Morgan fingerprint density at radius 1 is 1.16 bits per heavy atom. The van der Waals surface area contributed by atoms with Crippen LogP contribution in [-0.4, -0.2) is 36.3 Å². The third kappa shape index (κ3) is 3.71. The zero-order valence-corrected chi connectivity index (χ0v) is 15.0. The van der Waals surface area contributed by atoms with E-state index >= 15 is 0 Å². The minimum absolute atomic E-state index is 0.0476. The Morgan fingerprint density at radius 3 is 2.60 bits per heavy atom. The summed E-state index contributed by atoms with van der Waals surface area (Å²) in [4.78, 5) is 12.8. The summed E-state index contributed by atoms with van der Waals surface area (Å²) < 4.78 is 1.55. The lowest BCUT2D eigenvalue weighted by molar-refractivity contribution is 0.0993. The highest BCUT2D eigenvalue weighted by atomic mass is 32.2. The third-order valence-corrected chi connectivity index (χ3v) is 4.88. The number of aromatic nitrogens is 4. The Labute approximate surface area is 149 Å². The van der Waals surface area contributed by atoms with E-state index in [2.05, 4.69) is 15.5 Å². The minimum Gasteiger partial charge on any atom is -0.508 e. The zero-order valence-electron chi connectivity index (χ0n) is 14.2. The lowest BCUT2D eigenvalue weighted by Gasteiger charge is -2.12. The van der Waals surface area contributed by atoms with Crippen molar-refractivity contribution in [2.45, 2.75) is 31.2 Å². The van der Waals surface area contributed by atoms with Crippen molar-refractivity contribution >= 4 is 17.5 Å². The first-order valence-electron chi connectivity index (χ1n) is 7.81. The fraction of sp³-hybridized carbons (Fsp3) is 0.222. The van der Waals surface area contributed by atoms with Crippen molar-refractivity contribution in [1.29, 1.82) is 0 Å². The number of nitrogens with zero attached hydrogens (tertiary/aromatic N) is 4. The molecule has 6 nitrogen and oxygen atoms in total. The molecule has 128 valence electrons. The van der Waals surface area contributed by atoms with Gasteiger partial charge in [0.05, 0.1) is 10.9 Å². The van der Waals surface area contributed by atoms with Gasteiger partial charge in [0.2, 0.25) is 5.16 Å². The van der Waals surface area contributed by atoms with Crippen molar-refractivity contribution < 1.29 is 9.90 Å². The number of hydrogen-bond acceptors (Lipinski definition) is 6. The number of aromatic hydroxyl groups is 1. The number of carbonyl (C=O) groups is 1. The standard InChI is InChI=1S/C18H18N4O2S/c1-11-4-5-12(2)16(10-11)17(24)13(3)25-18-19-20-21-22(18)14-6-8-15(23)9-7-14/h4-10,13,23H,1-3H3/t13-/m1/s1. The Hall–Kier alpha value is -2.67. The lowest BCUT2D eigenvalue weighted by atomic mass is 10.0. The monoisotopic (exact) mass is 354 g/mol. The van der Waals surface area contributed by atoms with Gasteiger partial charge in [-0.1, -0.05) is 29.5 Å². The van der Waals surface area contributed by atoms with Crippen molar-refractivity contribution in [3.8, 4) is 11.4 Å². The number of phenolic OH excluding ortho intramolecular Hbond substituents is 1. The number of ketones is 1. The SMILES string of the molecule is Cc1ccc(C)c(C(=O)[C@@H](C)Sc2nnnn2-c2ccc(O)cc2)c1. The van der Waals surface area contributed by atoms with E-state index in [-0.39, 0.29) is 16.8 Å². The topological polar surface area (TPSA) is 80.9 Å². The molecule has 0 unspecified atom stereocenters. The highest BCUT2D eigenvalue weighted by Gasteiger charge is 2.21. The maximum Gasteiger partial charge on any atom is 0.214 e. The van der Waals surface area contributed by atoms with Crippen LogP contribution < -0.4 is 0 Å². The van der Waals surface area contributed by atoms with Gasteiger partial charge in [-0.05, 0) is 67.1 Å². The Bertz CT molecular complexity index is 906. The van der Waals surface area contributed by atoms with Crippen molar-refractivity contribution in [3.63, 3.8) is 0 Å². The summed E-state index contributed by atoms with van der Waals surface area (Å²) in [5.74, 6) is 0.218. The highest BCUT2D eigenvalue weighted by Crippen LogP contribution is 2.27. The summed E-state index contributed by atoms with van der Waals surface area (Å²) in [6, 6.07) is 12.4. The van der Waals surface area contributed by atoms with Gasteiger partial charge in [-0.3, -0.25) is 4.79 Å². The molecule has 3 rings (SSSR count). The molecular formula is C18H18N4O2S. The van der Waals surface area contributed by atoms with Crippen LogP contribution in [0.1, 0.15) is 28.4 Å². The maximum absolute atomic E-state index is 12.8. The maximum atomic E-state index is 12.8. The number of benzene rings is 2. The molecule has 0 aliphatic rings. The van der Waals surface area contributed by atoms with Gasteiger partial charge in [-0.15, -0.1) is 5.10 Å². The molecular weight excluding hydrogens is 336 g/mol. The molecule has 1 N–H and O–H groups in total. The second-order valence-corrected chi connectivity index (χ2v) is 7.14. The molecule has 0 aliphatic carbocycles. The number of tetrazole rings is 1. The minimum atomic E-state index is -0.331. The van der Waals surface area contributed by atoms with E-state index < -0.39 is 0 Å². The van der Waals surface area contributed by atoms with E-state index in [1.807, 2.05) is 39.0 Å². The van der Waals surface area contributed by atoms with Gasteiger partial charge in [0, 0.05) is 5.56 Å². The summed E-state index contributed by atoms with van der Waals surface area (Å²) in [5.41, 5.74) is 3.46. The second-order valence-electron chi connectivity index (χ2n) is 5.83. The number of thioether (sulfide) groups is 1. The quantitative estimate of drug-likeness (QED) is 0.559. The molecule has 3 aromatic rings. The lowest BCUT2D eigenvalue weighted by Crippen LogP contribution is -2.16. The molecule has 7 heteroatoms. The Kier molecular flexibility index (Phi) is 4.85. The molecule has 0 radical (unpaired) electrons. The number of phenols is 1. The molecule has 25 heavy (non-hydrogen) atoms. The Balaban J connectivity index is 1.83. The normalized spacial score (nSPS) is 12.1. The first-order chi connectivity index (χ1) is 12.0. The molecule has 1 atom stereocenters. The number of rotatable bonds is 5. The van der Waals surface area contributed by atoms with Crippen LogP contribution in [0.2, 0.25) is 0 Å². The molecule has 1 heterocycles. The second kappa shape index (κ2) is 7.06. The zero-order chi connectivity index (χ0) is 18.0. The predicted octanol–water partition coefficient (Wildman–Crippen LogP) is 3.35. The molecule has 0 aliphatic heterocycles. The van der Waals surface area contributed by atoms with Gasteiger partial charge in [0.15, 0.2) is 5.78 Å². The number of hydrogen-bond donors (Lipinski definition) is 1. The van der Waals surface area contributed by atoms with E-state index in [1.54, 1.807) is 28.9 Å². The van der Waals surface area contributed by atoms with Gasteiger partial charge >= 0.3 is 0 Å². The van der Waals surface area contributed by atoms with Crippen molar-refractivity contribution in [2.75, 3.05) is 0 Å². The molecule has 0 saturated heterocycles. The summed E-state index contributed by atoms with van der Waals surface area (Å²) >= 11 is 1.31. The molecule has 0 bridgehead atoms. The first-order valence-corrected chi connectivity index (χ1v) is 8.69. The van der Waals surface area contributed by atoms with Crippen molar-refractivity contribution in [1.82, 2.24) is 20.2 Å². The van der Waals surface area contributed by atoms with Crippen LogP contribution in [-0.2, 0) is 0 Å². The average Bonchev–Trinajstić information content (AvgIpc) is 3.05. The van der Waals surface area contributed by atoms with Gasteiger partial charge in [0.25, 0.3) is 0 Å². The molecule has 0 spiro atoms. The van der Waals surface area contributed by atoms with Crippen LogP contribution in [0.3, 0.4) is 0 Å². The molecule has 1 aromatic heterocycles. The molecule has 0 saturated carbocycles. The fourth-order valence-corrected chi connectivity index (χ4v) is 3.32. The van der Waals surface area contributed by atoms with Gasteiger partial charge in [-0.2, -0.15) is 4.68 Å².